The summed E-state index contributed by atoms with van der Waals surface area (Å²) in [5.74, 6) is 0. The first kappa shape index (κ1) is 30.8. The Morgan fingerprint density at radius 1 is 0.690 bits per heavy atom. The SMILES string of the molecule is CSc1cc(N)c([N+](=O)[O-])cc1NCCN1C=CN(CCN2C=CN(CCNc3cc([N+](=O)[O-])c(N)cc3SC)C2)C1. The molecule has 0 aromatic heterocycles. The van der Waals surface area contributed by atoms with Crippen LogP contribution in [0.3, 0.4) is 0 Å². The second-order valence-electron chi connectivity index (χ2n) is 9.72. The van der Waals surface area contributed by atoms with Gasteiger partial charge in [-0.15, -0.1) is 23.5 Å². The zero-order valence-corrected chi connectivity index (χ0v) is 25.2. The Bertz CT molecular complexity index is 1260. The van der Waals surface area contributed by atoms with E-state index >= 15 is 0 Å². The minimum atomic E-state index is -0.462. The van der Waals surface area contributed by atoms with Crippen LogP contribution in [0.15, 0.2) is 58.9 Å². The van der Waals surface area contributed by atoms with Crippen molar-refractivity contribution >= 4 is 57.6 Å². The molecule has 0 fully saturated rings. The van der Waals surface area contributed by atoms with Gasteiger partial charge in [-0.05, 0) is 24.6 Å². The van der Waals surface area contributed by atoms with Crippen molar-refractivity contribution in [2.75, 3.05) is 87.2 Å². The number of nitrogen functional groups attached to an aromatic ring is 2. The molecule has 0 saturated heterocycles. The van der Waals surface area contributed by atoms with Crippen molar-refractivity contribution in [2.45, 2.75) is 9.79 Å². The lowest BCUT2D eigenvalue weighted by Crippen LogP contribution is -2.35. The van der Waals surface area contributed by atoms with E-state index in [0.29, 0.717) is 24.5 Å². The predicted octanol–water partition coefficient (Wildman–Crippen LogP) is 3.73. The lowest BCUT2D eigenvalue weighted by atomic mass is 10.2. The fourth-order valence-corrected chi connectivity index (χ4v) is 5.83. The number of benzene rings is 2. The Labute approximate surface area is 253 Å². The van der Waals surface area contributed by atoms with E-state index < -0.39 is 9.85 Å². The molecule has 2 aliphatic rings. The van der Waals surface area contributed by atoms with Crippen molar-refractivity contribution in [3.63, 3.8) is 0 Å². The molecule has 2 aromatic rings. The number of anilines is 4. The van der Waals surface area contributed by atoms with Crippen LogP contribution < -0.4 is 22.1 Å². The lowest BCUT2D eigenvalue weighted by Gasteiger charge is -2.25. The predicted molar refractivity (Wildman–Crippen MR) is 170 cm³/mol. The molecular formula is C26H36N10O4S2. The minimum Gasteiger partial charge on any atom is -0.393 e. The average Bonchev–Trinajstić information content (AvgIpc) is 3.61. The molecule has 16 heteroatoms. The topological polar surface area (TPSA) is 175 Å². The average molecular weight is 617 g/mol. The summed E-state index contributed by atoms with van der Waals surface area (Å²) in [5.41, 5.74) is 13.2. The van der Waals surface area contributed by atoms with Crippen molar-refractivity contribution in [3.8, 4) is 0 Å². The smallest absolute Gasteiger partial charge is 0.294 e. The normalized spacial score (nSPS) is 14.2. The quantitative estimate of drug-likeness (QED) is 0.0985. The molecule has 14 nitrogen and oxygen atoms in total. The van der Waals surface area contributed by atoms with Crippen molar-refractivity contribution in [2.24, 2.45) is 0 Å². The molecule has 226 valence electrons. The summed E-state index contributed by atoms with van der Waals surface area (Å²) in [4.78, 5) is 32.2. The van der Waals surface area contributed by atoms with Crippen LogP contribution in [0.5, 0.6) is 0 Å². The van der Waals surface area contributed by atoms with Gasteiger partial charge in [0.25, 0.3) is 11.4 Å². The van der Waals surface area contributed by atoms with Gasteiger partial charge in [0.2, 0.25) is 0 Å². The van der Waals surface area contributed by atoms with Gasteiger partial charge in [0.15, 0.2) is 0 Å². The Balaban J connectivity index is 1.15. The molecule has 6 N–H and O–H groups in total. The Morgan fingerprint density at radius 2 is 1.05 bits per heavy atom. The van der Waals surface area contributed by atoms with E-state index in [1.54, 1.807) is 12.1 Å². The second kappa shape index (κ2) is 14.1. The zero-order valence-electron chi connectivity index (χ0n) is 23.6. The summed E-state index contributed by atoms with van der Waals surface area (Å²) in [6.07, 6.45) is 12.1. The Hall–Kier alpha value is -4.18. The molecule has 0 spiro atoms. The number of rotatable bonds is 15. The molecule has 0 radical (unpaired) electrons. The number of nitrogens with one attached hydrogen (secondary N) is 2. The number of hydrogen-bond donors (Lipinski definition) is 4. The van der Waals surface area contributed by atoms with Crippen molar-refractivity contribution in [1.82, 2.24) is 19.6 Å². The highest BCUT2D eigenvalue weighted by molar-refractivity contribution is 7.99. The van der Waals surface area contributed by atoms with E-state index in [1.807, 2.05) is 12.5 Å². The monoisotopic (exact) mass is 616 g/mol. The first-order valence-corrected chi connectivity index (χ1v) is 15.7. The molecule has 0 aliphatic carbocycles. The second-order valence-corrected chi connectivity index (χ2v) is 11.4. The third-order valence-electron chi connectivity index (χ3n) is 6.90. The Morgan fingerprint density at radius 3 is 1.38 bits per heavy atom. The summed E-state index contributed by atoms with van der Waals surface area (Å²) < 4.78 is 0. The number of nitro benzene ring substituents is 2. The number of nitrogens with two attached hydrogens (primary N) is 2. The molecule has 2 heterocycles. The van der Waals surface area contributed by atoms with Crippen LogP contribution >= 0.6 is 23.5 Å². The molecular weight excluding hydrogens is 580 g/mol. The summed E-state index contributed by atoms with van der Waals surface area (Å²) in [6.45, 7) is 6.04. The van der Waals surface area contributed by atoms with E-state index in [1.165, 1.54) is 35.7 Å². The molecule has 2 aromatic carbocycles. The molecule has 0 saturated carbocycles. The van der Waals surface area contributed by atoms with Gasteiger partial charge >= 0.3 is 0 Å². The maximum Gasteiger partial charge on any atom is 0.294 e. The van der Waals surface area contributed by atoms with Gasteiger partial charge in [0, 0.05) is 86.0 Å². The highest BCUT2D eigenvalue weighted by atomic mass is 32.2. The van der Waals surface area contributed by atoms with Gasteiger partial charge < -0.3 is 41.7 Å². The zero-order chi connectivity index (χ0) is 30.2. The van der Waals surface area contributed by atoms with Gasteiger partial charge in [0.05, 0.1) is 34.6 Å². The van der Waals surface area contributed by atoms with E-state index in [2.05, 4.69) is 55.0 Å². The fraction of sp³-hybridized carbons (Fsp3) is 0.385. The van der Waals surface area contributed by atoms with Gasteiger partial charge in [-0.3, -0.25) is 20.2 Å². The molecule has 42 heavy (non-hydrogen) atoms. The highest BCUT2D eigenvalue weighted by Gasteiger charge is 2.19. The van der Waals surface area contributed by atoms with Crippen LogP contribution in [0.25, 0.3) is 0 Å². The van der Waals surface area contributed by atoms with Crippen molar-refractivity contribution in [1.29, 1.82) is 0 Å². The van der Waals surface area contributed by atoms with Crippen LogP contribution in [-0.4, -0.2) is 94.6 Å². The van der Waals surface area contributed by atoms with E-state index in [4.69, 9.17) is 11.5 Å². The van der Waals surface area contributed by atoms with E-state index in [9.17, 15) is 20.2 Å². The van der Waals surface area contributed by atoms with Crippen LogP contribution in [-0.2, 0) is 0 Å². The summed E-state index contributed by atoms with van der Waals surface area (Å²) in [6, 6.07) is 6.29. The number of thioether (sulfide) groups is 2. The van der Waals surface area contributed by atoms with Crippen LogP contribution in [0.4, 0.5) is 34.1 Å². The van der Waals surface area contributed by atoms with Crippen LogP contribution in [0, 0.1) is 20.2 Å². The van der Waals surface area contributed by atoms with E-state index in [0.717, 1.165) is 49.3 Å². The molecule has 0 amide bonds. The summed E-state index contributed by atoms with van der Waals surface area (Å²) in [7, 11) is 0. The maximum atomic E-state index is 11.3. The van der Waals surface area contributed by atoms with Gasteiger partial charge in [-0.25, -0.2) is 0 Å². The van der Waals surface area contributed by atoms with Crippen molar-refractivity contribution < 1.29 is 9.85 Å². The van der Waals surface area contributed by atoms with Crippen LogP contribution in [0.1, 0.15) is 0 Å². The van der Waals surface area contributed by atoms with Gasteiger partial charge in [-0.2, -0.15) is 0 Å². The fourth-order valence-electron chi connectivity index (χ4n) is 4.64. The molecule has 4 rings (SSSR count). The van der Waals surface area contributed by atoms with E-state index in [-0.39, 0.29) is 22.7 Å². The molecule has 0 unspecified atom stereocenters. The first-order valence-electron chi connectivity index (χ1n) is 13.2. The summed E-state index contributed by atoms with van der Waals surface area (Å²) >= 11 is 2.99. The maximum absolute atomic E-state index is 11.3. The lowest BCUT2D eigenvalue weighted by molar-refractivity contribution is -0.384. The van der Waals surface area contributed by atoms with Gasteiger partial charge in [0.1, 0.15) is 11.4 Å². The number of hydrogen-bond acceptors (Lipinski definition) is 14. The number of nitro groups is 2. The molecule has 0 bridgehead atoms. The largest absolute Gasteiger partial charge is 0.393 e. The minimum absolute atomic E-state index is 0.0915. The first-order chi connectivity index (χ1) is 20.2. The molecule has 2 aliphatic heterocycles. The number of nitrogens with zero attached hydrogens (tertiary/aromatic N) is 6. The van der Waals surface area contributed by atoms with Gasteiger partial charge in [-0.1, -0.05) is 0 Å². The third-order valence-corrected chi connectivity index (χ3v) is 8.45. The highest BCUT2D eigenvalue weighted by Crippen LogP contribution is 2.35. The third kappa shape index (κ3) is 7.76. The Kier molecular flexibility index (Phi) is 10.4. The molecule has 0 atom stereocenters. The standard InChI is InChI=1S/C26H36N10O4S2/c1-41-25-13-19(27)23(35(37)38)15-21(25)29-3-5-31-7-9-33(17-31)11-12-34-10-8-32(18-34)6-4-30-22-16-24(36(39)40)20(28)14-26(22)42-2/h7-10,13-16,29-30H,3-6,11-12,17-18,27-28H2,1-2H3. The summed E-state index contributed by atoms with van der Waals surface area (Å²) in [5, 5.41) is 29.1. The van der Waals surface area contributed by atoms with Crippen LogP contribution in [0.2, 0.25) is 0 Å². The van der Waals surface area contributed by atoms with Crippen molar-refractivity contribution in [3.05, 3.63) is 69.3 Å².